The number of carbonyl (C=O) groups excluding carboxylic acids is 9. The number of hydrogen-bond donors (Lipinski definition) is 5. The maximum Gasteiger partial charge on any atom is 0.329 e. The Morgan fingerprint density at radius 2 is 1.44 bits per heavy atom. The third-order valence-corrected chi connectivity index (χ3v) is 27.1. The molecule has 3 amide bonds. The van der Waals surface area contributed by atoms with Gasteiger partial charge in [-0.05, 0) is 138 Å². The van der Waals surface area contributed by atoms with Crippen LogP contribution in [0.3, 0.4) is 0 Å². The van der Waals surface area contributed by atoms with Gasteiger partial charge in [-0.1, -0.05) is 77.5 Å². The van der Waals surface area contributed by atoms with Crippen LogP contribution in [0, 0.1) is 35.5 Å². The van der Waals surface area contributed by atoms with Crippen molar-refractivity contribution in [1.82, 2.24) is 69.7 Å². The van der Waals surface area contributed by atoms with Gasteiger partial charge in [0.05, 0.1) is 55.5 Å². The zero-order valence-corrected chi connectivity index (χ0v) is 79.4. The molecule has 1 saturated carbocycles. The Hall–Kier alpha value is -10.6. The molecule has 5 fully saturated rings. The van der Waals surface area contributed by atoms with Crippen molar-refractivity contribution in [2.45, 2.75) is 245 Å². The fourth-order valence-corrected chi connectivity index (χ4v) is 18.8. The van der Waals surface area contributed by atoms with Crippen LogP contribution in [0.15, 0.2) is 103 Å². The lowest BCUT2D eigenvalue weighted by Gasteiger charge is -2.42. The van der Waals surface area contributed by atoms with Crippen LogP contribution >= 0.6 is 0 Å². The molecule has 6 aliphatic rings. The zero-order chi connectivity index (χ0) is 95.5. The van der Waals surface area contributed by atoms with Gasteiger partial charge in [0.25, 0.3) is 11.7 Å². The molecule has 5 aliphatic heterocycles. The predicted molar refractivity (Wildman–Crippen MR) is 500 cm³/mol. The van der Waals surface area contributed by atoms with Crippen LogP contribution in [0.4, 0.5) is 17.7 Å². The number of nitrogens with one attached hydrogen (secondary N) is 2. The number of ether oxygens (including phenoxy) is 8. The first-order valence-electron chi connectivity index (χ1n) is 47.8. The average Bonchev–Trinajstić information content (AvgIpc) is 1.59. The third kappa shape index (κ3) is 27.6. The van der Waals surface area contributed by atoms with Gasteiger partial charge in [0.2, 0.25) is 29.5 Å². The molecule has 6 N–H and O–H groups in total. The van der Waals surface area contributed by atoms with Crippen molar-refractivity contribution in [1.29, 1.82) is 0 Å². The molecule has 0 unspecified atom stereocenters. The molecule has 1 aliphatic carbocycles. The van der Waals surface area contributed by atoms with E-state index in [0.29, 0.717) is 174 Å². The number of piperidine rings is 1. The fourth-order valence-electron chi connectivity index (χ4n) is 18.8. The normalized spacial score (nSPS) is 27.2. The minimum absolute atomic E-state index is 0.00156. The van der Waals surface area contributed by atoms with Crippen molar-refractivity contribution in [3.63, 3.8) is 0 Å². The molecule has 0 spiro atoms. The SMILES string of the molecule is CO[C@H]1C[C@@H]2CC[C@@H](C)[C@@](O)(O2)C(=O)C(=O)N2CCCC[C@H]2C(=O)O[C@H]([C@H](C)C[C@@H]2CC[C@@H](OC(=O)CCCOCCC(=O)NCc3cnc(N4CCN(C(=O)CCOCCN5CCN(c6ncc(C(=O)CCCCCn7nc(-c8cnc9[nH]ccc9c8)c8c(N)ncnc87)cn6)CC5)CC4)nc3)[C@H](OC)C2)CC(=O)[C@H](C)/C=C(\C)[C@@H](O)[C@@H](OC)C(=O)[C@H](C)C[C@H](C)/C=C/C=C/C=C/1C. The number of pyridine rings is 1. The minimum atomic E-state index is -2.49. The zero-order valence-electron chi connectivity index (χ0n) is 79.4. The molecule has 4 saturated heterocycles. The summed E-state index contributed by atoms with van der Waals surface area (Å²) in [5, 5.41) is 33.2. The monoisotopic (exact) mass is 1860 g/mol. The van der Waals surface area contributed by atoms with Crippen LogP contribution in [0.1, 0.15) is 193 Å². The van der Waals surface area contributed by atoms with Gasteiger partial charge in [-0.3, -0.25) is 43.3 Å². The highest BCUT2D eigenvalue weighted by Gasteiger charge is 2.53. The third-order valence-electron chi connectivity index (χ3n) is 27.1. The highest BCUT2D eigenvalue weighted by molar-refractivity contribution is 6.39. The van der Waals surface area contributed by atoms with E-state index in [1.807, 2.05) is 84.0 Å². The Morgan fingerprint density at radius 1 is 0.709 bits per heavy atom. The number of aliphatic hydroxyl groups is 2. The molecule has 2 bridgehead atoms. The number of H-pyrrole nitrogens is 1. The first-order valence-corrected chi connectivity index (χ1v) is 47.8. The summed E-state index contributed by atoms with van der Waals surface area (Å²) in [6.07, 6.45) is 25.0. The number of unbranched alkanes of at least 4 members (excludes halogenated alkanes) is 2. The van der Waals surface area contributed by atoms with Crippen molar-refractivity contribution in [2.24, 2.45) is 35.5 Å². The summed E-state index contributed by atoms with van der Waals surface area (Å²) >= 11 is 0. The van der Waals surface area contributed by atoms with Crippen molar-refractivity contribution >= 4 is 92.6 Å². The van der Waals surface area contributed by atoms with Crippen molar-refractivity contribution < 1.29 is 91.3 Å². The van der Waals surface area contributed by atoms with Gasteiger partial charge in [0.1, 0.15) is 59.7 Å². The molecule has 6 aromatic heterocycles. The molecular formula is C98H137N17O19. The number of allylic oxidation sites excluding steroid dienone is 6. The summed E-state index contributed by atoms with van der Waals surface area (Å²) in [7, 11) is 4.49. The number of methoxy groups -OCH3 is 3. The van der Waals surface area contributed by atoms with Crippen molar-refractivity contribution in [3.8, 4) is 11.3 Å². The van der Waals surface area contributed by atoms with Crippen LogP contribution in [0.25, 0.3) is 33.3 Å². The number of fused-ring (bicyclic) bond motifs is 5. The summed E-state index contributed by atoms with van der Waals surface area (Å²) in [5.41, 5.74) is 11.7. The standard InChI is InChI=1S/C98H137N17O19/c1-62-20-13-11-14-21-63(2)79(127-8)53-74-27-25-68(7)98(126,134-74)90(123)94(124)114-33-18-16-22-75(114)95(125)133-80(54-77(117)64(3)49-67(6)88(122)89(129-10)87(121)66(5)48-62)65(4)50-69-26-28-78(81(51-69)128-9)132-84(120)24-19-44-130-45-30-82(118)101-55-70-56-103-96(104-57-70)113-41-39-111(40-42-113)83(119)31-46-131-47-43-110-35-37-112(38-36-110)97-105-59-73(60-106-97)76(116)23-15-12-17-34-115-93-85(91(99)107-61-108-93)86(109-115)72-52-71-29-32-100-92(71)102-58-72/h11,13-14,20-21,29,32,49,52,56-62,64-66,68-69,74-75,78-81,88-89,122,126H,12,15-19,22-28,30-31,33-48,50-51,53-55H2,1-10H3,(H,100,102)(H,101,118)(H2,99,107,108)/b14-11+,20-13+,63-21+,67-49+/t62-,64-,65-,66-,68-,69+,74+,75+,78-,79+,80+,81-,88-,89+,98-/m1/s1. The number of aromatic amines is 1. The van der Waals surface area contributed by atoms with Crippen LogP contribution in [-0.4, -0.2) is 295 Å². The summed E-state index contributed by atoms with van der Waals surface area (Å²) in [6.45, 7) is 20.5. The largest absolute Gasteiger partial charge is 0.460 e. The molecule has 728 valence electrons. The Kier molecular flexibility index (Phi) is 38.0. The lowest BCUT2D eigenvalue weighted by atomic mass is 9.78. The van der Waals surface area contributed by atoms with Crippen molar-refractivity contribution in [3.05, 3.63) is 114 Å². The smallest absolute Gasteiger partial charge is 0.329 e. The molecule has 11 heterocycles. The lowest BCUT2D eigenvalue weighted by Crippen LogP contribution is -2.61. The number of anilines is 3. The second-order valence-electron chi connectivity index (χ2n) is 36.9. The van der Waals surface area contributed by atoms with E-state index in [4.69, 9.17) is 48.7 Å². The summed E-state index contributed by atoms with van der Waals surface area (Å²) < 4.78 is 49.7. The second-order valence-corrected chi connectivity index (χ2v) is 36.9. The number of nitrogens with zero attached hydrogens (tertiary/aromatic N) is 14. The quantitative estimate of drug-likeness (QED) is 0.00862. The molecule has 0 radical (unpaired) electrons. The second kappa shape index (κ2) is 49.8. The molecule has 12 rings (SSSR count). The highest BCUT2D eigenvalue weighted by Crippen LogP contribution is 2.40. The minimum Gasteiger partial charge on any atom is -0.460 e. The fraction of sp³-hybridized carbons (Fsp3) is 0.622. The number of nitrogens with two attached hydrogens (primary N) is 1. The van der Waals surface area contributed by atoms with E-state index < -0.39 is 102 Å². The number of esters is 2. The van der Waals surface area contributed by atoms with E-state index in [1.54, 1.807) is 79.0 Å². The van der Waals surface area contributed by atoms with Gasteiger partial charge in [-0.15, -0.1) is 0 Å². The number of ketones is 4. The number of aliphatic hydroxyl groups excluding tert-OH is 1. The van der Waals surface area contributed by atoms with E-state index in [1.165, 1.54) is 18.3 Å². The molecule has 36 heteroatoms. The van der Waals surface area contributed by atoms with E-state index in [0.717, 1.165) is 67.7 Å². The Labute approximate surface area is 784 Å². The Balaban J connectivity index is 0.516. The molecular weight excluding hydrogens is 1720 g/mol. The first kappa shape index (κ1) is 102. The van der Waals surface area contributed by atoms with E-state index in [-0.39, 0.29) is 106 Å². The number of nitrogen functional groups attached to an aromatic ring is 1. The molecule has 6 aromatic rings. The first-order chi connectivity index (χ1) is 64.6. The summed E-state index contributed by atoms with van der Waals surface area (Å²) in [5.74, 6) is -7.89. The molecule has 134 heavy (non-hydrogen) atoms. The van der Waals surface area contributed by atoms with Crippen LogP contribution in [-0.2, 0) is 89.3 Å². The van der Waals surface area contributed by atoms with Gasteiger partial charge in [-0.2, -0.15) is 5.10 Å². The maximum absolute atomic E-state index is 14.8. The Bertz CT molecular complexity index is 5070. The number of rotatable bonds is 32. The highest BCUT2D eigenvalue weighted by atomic mass is 16.6. The number of cyclic esters (lactones) is 1. The summed E-state index contributed by atoms with van der Waals surface area (Å²) in [4.78, 5) is 169. The van der Waals surface area contributed by atoms with Crippen LogP contribution < -0.4 is 20.9 Å². The van der Waals surface area contributed by atoms with Gasteiger partial charge in [0, 0.05) is 210 Å². The predicted octanol–water partition coefficient (Wildman–Crippen LogP) is 9.40. The lowest BCUT2D eigenvalue weighted by molar-refractivity contribution is -0.265. The number of Topliss-reactive ketones (excluding diaryl/α,β-unsaturated/α-hetero) is 4. The number of carbonyl (C=O) groups is 9. The van der Waals surface area contributed by atoms with Gasteiger partial charge in [-0.25, -0.2) is 44.4 Å². The van der Waals surface area contributed by atoms with Crippen LogP contribution in [0.5, 0.6) is 0 Å². The maximum atomic E-state index is 14.8. The number of aryl methyl sites for hydroxylation is 1. The molecule has 36 nitrogen and oxygen atoms in total. The molecule has 15 atom stereocenters. The van der Waals surface area contributed by atoms with Gasteiger partial charge < -0.3 is 83.7 Å². The van der Waals surface area contributed by atoms with E-state index in [2.05, 4.69) is 55.0 Å². The van der Waals surface area contributed by atoms with Gasteiger partial charge in [0.15, 0.2) is 17.2 Å². The number of hydrogen-bond acceptors (Lipinski definition) is 31. The van der Waals surface area contributed by atoms with Crippen LogP contribution in [0.2, 0.25) is 0 Å². The van der Waals surface area contributed by atoms with E-state index >= 15 is 0 Å². The Morgan fingerprint density at radius 3 is 2.18 bits per heavy atom. The average molecular weight is 1860 g/mol. The summed E-state index contributed by atoms with van der Waals surface area (Å²) in [6, 6.07) is 2.75. The molecule has 0 aromatic carbocycles. The number of aromatic nitrogens is 10. The number of amides is 3. The topological polar surface area (TPSA) is 446 Å². The number of piperazine rings is 2. The van der Waals surface area contributed by atoms with Crippen molar-refractivity contribution in [2.75, 3.05) is 129 Å². The van der Waals surface area contributed by atoms with Gasteiger partial charge >= 0.3 is 11.9 Å². The van der Waals surface area contributed by atoms with E-state index in [9.17, 15) is 53.4 Å².